The van der Waals surface area contributed by atoms with Crippen LogP contribution in [0.5, 0.6) is 0 Å². The Labute approximate surface area is 185 Å². The van der Waals surface area contributed by atoms with E-state index in [1.165, 1.54) is 11.4 Å². The first-order chi connectivity index (χ1) is 14.6. The topological polar surface area (TPSA) is 79.8 Å². The largest absolute Gasteiger partial charge is 0.434 e. The number of anilines is 3. The fourth-order valence-electron chi connectivity index (χ4n) is 2.23. The van der Waals surface area contributed by atoms with Gasteiger partial charge in [0.25, 0.3) is 0 Å². The summed E-state index contributed by atoms with van der Waals surface area (Å²) in [6.07, 6.45) is -9.46. The first kappa shape index (κ1) is 23.9. The van der Waals surface area contributed by atoms with Crippen LogP contribution in [0.1, 0.15) is 32.2 Å². The molecule has 3 aromatic rings. The predicted octanol–water partition coefficient (Wildman–Crippen LogP) is 6.43. The third kappa shape index (κ3) is 5.54. The number of halogens is 6. The monoisotopic (exact) mass is 495 g/mol. The number of nitrogens with zero attached hydrogens (tertiary/aromatic N) is 3. The molecule has 32 heavy (non-hydrogen) atoms. The van der Waals surface area contributed by atoms with E-state index in [2.05, 4.69) is 25.6 Å². The highest BCUT2D eigenvalue weighted by Crippen LogP contribution is 2.43. The average Bonchev–Trinajstić information content (AvgIpc) is 3.27. The molecular weight excluding hydrogens is 480 g/mol. The summed E-state index contributed by atoms with van der Waals surface area (Å²) in [5, 5.41) is 6.01. The van der Waals surface area contributed by atoms with Gasteiger partial charge in [0.05, 0.1) is 10.6 Å². The SMILES string of the molecule is CC(C)(C)C(=O)Nc1nc(C(F)(F)F)c(-c2csc(Nc3cccc(C(F)(F)F)n3)n2)s1. The first-order valence-corrected chi connectivity index (χ1v) is 10.5. The number of carbonyl (C=O) groups is 1. The number of alkyl halides is 6. The second-order valence-electron chi connectivity index (χ2n) is 7.47. The maximum absolute atomic E-state index is 13.5. The smallest absolute Gasteiger partial charge is 0.316 e. The van der Waals surface area contributed by atoms with Gasteiger partial charge in [-0.3, -0.25) is 4.79 Å². The van der Waals surface area contributed by atoms with Gasteiger partial charge >= 0.3 is 12.4 Å². The molecule has 0 unspecified atom stereocenters. The highest BCUT2D eigenvalue weighted by Gasteiger charge is 2.39. The van der Waals surface area contributed by atoms with Gasteiger partial charge in [-0.25, -0.2) is 15.0 Å². The van der Waals surface area contributed by atoms with E-state index < -0.39 is 35.1 Å². The third-order valence-electron chi connectivity index (χ3n) is 3.81. The van der Waals surface area contributed by atoms with E-state index in [9.17, 15) is 31.1 Å². The van der Waals surface area contributed by atoms with Crippen LogP contribution >= 0.6 is 22.7 Å². The number of rotatable bonds is 4. The summed E-state index contributed by atoms with van der Waals surface area (Å²) in [7, 11) is 0. The number of amides is 1. The number of hydrogen-bond donors (Lipinski definition) is 2. The zero-order valence-corrected chi connectivity index (χ0v) is 18.3. The van der Waals surface area contributed by atoms with Gasteiger partial charge in [0.15, 0.2) is 16.0 Å². The Morgan fingerprint density at radius 3 is 2.22 bits per heavy atom. The lowest BCUT2D eigenvalue weighted by Gasteiger charge is -2.15. The van der Waals surface area contributed by atoms with Gasteiger partial charge in [-0.15, -0.1) is 11.3 Å². The molecule has 3 heterocycles. The van der Waals surface area contributed by atoms with Crippen LogP contribution in [0, 0.1) is 5.41 Å². The van der Waals surface area contributed by atoms with Crippen molar-refractivity contribution in [2.75, 3.05) is 10.6 Å². The summed E-state index contributed by atoms with van der Waals surface area (Å²) in [5.74, 6) is -0.679. The van der Waals surface area contributed by atoms with Crippen LogP contribution in [0.15, 0.2) is 23.6 Å². The molecule has 6 nitrogen and oxygen atoms in total. The van der Waals surface area contributed by atoms with E-state index in [1.807, 2.05) is 0 Å². The molecule has 14 heteroatoms. The Hall–Kier alpha value is -2.74. The van der Waals surface area contributed by atoms with E-state index in [0.717, 1.165) is 23.5 Å². The van der Waals surface area contributed by atoms with E-state index >= 15 is 0 Å². The van der Waals surface area contributed by atoms with Crippen LogP contribution in [-0.4, -0.2) is 20.9 Å². The van der Waals surface area contributed by atoms with Crippen LogP contribution in [0.25, 0.3) is 10.6 Å². The van der Waals surface area contributed by atoms with Crippen molar-refractivity contribution < 1.29 is 31.1 Å². The van der Waals surface area contributed by atoms with Crippen LogP contribution in [0.3, 0.4) is 0 Å². The summed E-state index contributed by atoms with van der Waals surface area (Å²) >= 11 is 1.48. The molecule has 0 radical (unpaired) electrons. The molecule has 0 fully saturated rings. The third-order valence-corrected chi connectivity index (χ3v) is 5.56. The fraction of sp³-hybridized carbons (Fsp3) is 0.333. The standard InChI is InChI=1S/C18H15F6N5OS2/c1-16(2,3)13(30)29-15-28-12(18(22,23)24)11(32-15)8-7-31-14(25-8)27-10-6-4-5-9(26-10)17(19,20)21/h4-7H,1-3H3,(H,25,26,27)(H,28,29,30). The van der Waals surface area contributed by atoms with Crippen LogP contribution in [-0.2, 0) is 17.1 Å². The highest BCUT2D eigenvalue weighted by molar-refractivity contribution is 7.20. The van der Waals surface area contributed by atoms with Gasteiger partial charge < -0.3 is 10.6 Å². The molecule has 0 aliphatic carbocycles. The zero-order chi connectivity index (χ0) is 23.9. The normalized spacial score (nSPS) is 12.7. The lowest BCUT2D eigenvalue weighted by atomic mass is 9.96. The minimum absolute atomic E-state index is 0.0358. The molecule has 0 spiro atoms. The van der Waals surface area contributed by atoms with Gasteiger partial charge in [0, 0.05) is 10.8 Å². The second-order valence-corrected chi connectivity index (χ2v) is 9.32. The molecule has 1 amide bonds. The molecule has 0 atom stereocenters. The molecule has 172 valence electrons. The predicted molar refractivity (Wildman–Crippen MR) is 109 cm³/mol. The molecule has 0 saturated heterocycles. The van der Waals surface area contributed by atoms with Gasteiger partial charge in [-0.1, -0.05) is 38.2 Å². The van der Waals surface area contributed by atoms with E-state index in [1.54, 1.807) is 20.8 Å². The van der Waals surface area contributed by atoms with Gasteiger partial charge in [-0.05, 0) is 12.1 Å². The molecule has 0 aliphatic heterocycles. The average molecular weight is 495 g/mol. The van der Waals surface area contributed by atoms with Crippen molar-refractivity contribution in [1.82, 2.24) is 15.0 Å². The molecule has 0 bridgehead atoms. The van der Waals surface area contributed by atoms with Crippen LogP contribution in [0.2, 0.25) is 0 Å². The molecule has 0 aliphatic rings. The van der Waals surface area contributed by atoms with Crippen molar-refractivity contribution >= 4 is 44.7 Å². The fourth-order valence-corrected chi connectivity index (χ4v) is 3.96. The number of carbonyl (C=O) groups excluding carboxylic acids is 1. The summed E-state index contributed by atoms with van der Waals surface area (Å²) < 4.78 is 78.9. The van der Waals surface area contributed by atoms with Crippen molar-refractivity contribution in [3.05, 3.63) is 35.0 Å². The van der Waals surface area contributed by atoms with E-state index in [0.29, 0.717) is 11.3 Å². The van der Waals surface area contributed by atoms with Crippen molar-refractivity contribution in [1.29, 1.82) is 0 Å². The van der Waals surface area contributed by atoms with Crippen molar-refractivity contribution in [2.24, 2.45) is 5.41 Å². The first-order valence-electron chi connectivity index (χ1n) is 8.81. The molecule has 0 saturated carbocycles. The van der Waals surface area contributed by atoms with Crippen LogP contribution < -0.4 is 10.6 Å². The Morgan fingerprint density at radius 2 is 1.62 bits per heavy atom. The zero-order valence-electron chi connectivity index (χ0n) is 16.6. The number of thiazole rings is 2. The highest BCUT2D eigenvalue weighted by atomic mass is 32.1. The van der Waals surface area contributed by atoms with Crippen LogP contribution in [0.4, 0.5) is 42.4 Å². The summed E-state index contributed by atoms with van der Waals surface area (Å²) in [5.41, 5.74) is -3.29. The number of nitrogens with one attached hydrogen (secondary N) is 2. The Balaban J connectivity index is 1.90. The van der Waals surface area contributed by atoms with E-state index in [4.69, 9.17) is 0 Å². The molecule has 3 rings (SSSR count). The number of pyridine rings is 1. The second kappa shape index (κ2) is 8.31. The Bertz CT molecular complexity index is 1130. The minimum Gasteiger partial charge on any atom is -0.316 e. The number of hydrogen-bond acceptors (Lipinski definition) is 7. The molecule has 3 aromatic heterocycles. The molecule has 2 N–H and O–H groups in total. The van der Waals surface area contributed by atoms with Crippen molar-refractivity contribution in [3.8, 4) is 10.6 Å². The minimum atomic E-state index is -4.81. The van der Waals surface area contributed by atoms with Gasteiger partial charge in [-0.2, -0.15) is 26.3 Å². The van der Waals surface area contributed by atoms with Crippen molar-refractivity contribution in [3.63, 3.8) is 0 Å². The Morgan fingerprint density at radius 1 is 0.938 bits per heavy atom. The number of aromatic nitrogens is 3. The van der Waals surface area contributed by atoms with Gasteiger partial charge in [0.1, 0.15) is 11.5 Å². The molecular formula is C18H15F6N5OS2. The quantitative estimate of drug-likeness (QED) is 0.408. The molecule has 0 aromatic carbocycles. The van der Waals surface area contributed by atoms with Gasteiger partial charge in [0.2, 0.25) is 5.91 Å². The Kier molecular flexibility index (Phi) is 6.21. The maximum atomic E-state index is 13.5. The lowest BCUT2D eigenvalue weighted by molar-refractivity contribution is -0.141. The van der Waals surface area contributed by atoms with Crippen molar-refractivity contribution in [2.45, 2.75) is 33.1 Å². The summed E-state index contributed by atoms with van der Waals surface area (Å²) in [4.78, 5) is 22.7. The summed E-state index contributed by atoms with van der Waals surface area (Å²) in [6.45, 7) is 4.80. The maximum Gasteiger partial charge on any atom is 0.434 e. The summed E-state index contributed by atoms with van der Waals surface area (Å²) in [6, 6.07) is 3.20. The lowest BCUT2D eigenvalue weighted by Crippen LogP contribution is -2.27. The van der Waals surface area contributed by atoms with E-state index in [-0.39, 0.29) is 26.7 Å².